The molecule has 0 bridgehead atoms. The molecular weight excluding hydrogens is 230 g/mol. The Morgan fingerprint density at radius 1 is 1.44 bits per heavy atom. The summed E-state index contributed by atoms with van der Waals surface area (Å²) in [6, 6.07) is 3.50. The lowest BCUT2D eigenvalue weighted by Gasteiger charge is -2.04. The zero-order chi connectivity index (χ0) is 11.6. The number of nitrogens with zero attached hydrogens (tertiary/aromatic N) is 1. The molecule has 0 aromatic carbocycles. The molecule has 0 aliphatic rings. The number of hydrogen-bond donors (Lipinski definition) is 2. The zero-order valence-corrected chi connectivity index (χ0v) is 9.20. The number of anilines is 1. The molecule has 2 aromatic heterocycles. The number of nitrogens with two attached hydrogens (primary N) is 1. The lowest BCUT2D eigenvalue weighted by molar-refractivity contribution is 0.598. The van der Waals surface area contributed by atoms with E-state index in [1.54, 1.807) is 24.6 Å². The summed E-state index contributed by atoms with van der Waals surface area (Å²) in [6.45, 7) is 0.218. The van der Waals surface area contributed by atoms with Crippen LogP contribution < -0.4 is 10.5 Å². The van der Waals surface area contributed by atoms with Crippen LogP contribution in [0.25, 0.3) is 11.0 Å². The van der Waals surface area contributed by atoms with E-state index in [4.69, 9.17) is 9.56 Å². The van der Waals surface area contributed by atoms with E-state index in [0.29, 0.717) is 11.4 Å². The number of aromatic nitrogens is 1. The molecule has 2 heterocycles. The highest BCUT2D eigenvalue weighted by Crippen LogP contribution is 2.21. The largest absolute Gasteiger partial charge is 0.464 e. The Bertz CT molecular complexity index is 591. The highest BCUT2D eigenvalue weighted by molar-refractivity contribution is 7.89. The second-order valence-corrected chi connectivity index (χ2v) is 5.02. The molecule has 6 nitrogen and oxygen atoms in total. The first-order chi connectivity index (χ1) is 7.56. The number of fused-ring (bicyclic) bond motifs is 1. The van der Waals surface area contributed by atoms with E-state index in [1.165, 1.54) is 0 Å². The van der Waals surface area contributed by atoms with Crippen LogP contribution in [0.4, 0.5) is 5.82 Å². The Balaban J connectivity index is 2.12. The van der Waals surface area contributed by atoms with Crippen molar-refractivity contribution in [2.75, 3.05) is 17.6 Å². The van der Waals surface area contributed by atoms with E-state index < -0.39 is 10.0 Å². The van der Waals surface area contributed by atoms with Gasteiger partial charge in [0.2, 0.25) is 10.0 Å². The van der Waals surface area contributed by atoms with Gasteiger partial charge in [-0.1, -0.05) is 0 Å². The monoisotopic (exact) mass is 241 g/mol. The Labute approximate surface area is 92.5 Å². The molecule has 0 aliphatic heterocycles. The van der Waals surface area contributed by atoms with Crippen molar-refractivity contribution < 1.29 is 12.8 Å². The lowest BCUT2D eigenvalue weighted by Crippen LogP contribution is -2.22. The number of primary sulfonamides is 1. The van der Waals surface area contributed by atoms with Gasteiger partial charge < -0.3 is 9.73 Å². The zero-order valence-electron chi connectivity index (χ0n) is 8.38. The number of pyridine rings is 1. The molecular formula is C9H11N3O3S. The third-order valence-corrected chi connectivity index (χ3v) is 2.83. The van der Waals surface area contributed by atoms with Gasteiger partial charge in [-0.25, -0.2) is 18.5 Å². The molecule has 2 aromatic rings. The van der Waals surface area contributed by atoms with Gasteiger partial charge in [0.1, 0.15) is 11.4 Å². The Hall–Kier alpha value is -1.60. The lowest BCUT2D eigenvalue weighted by atomic mass is 10.3. The molecule has 0 fully saturated rings. The Morgan fingerprint density at radius 3 is 3.00 bits per heavy atom. The number of hydrogen-bond acceptors (Lipinski definition) is 5. The Morgan fingerprint density at radius 2 is 2.25 bits per heavy atom. The normalized spacial score (nSPS) is 11.8. The predicted molar refractivity (Wildman–Crippen MR) is 60.5 cm³/mol. The fourth-order valence-corrected chi connectivity index (χ4v) is 1.73. The number of furan rings is 1. The quantitative estimate of drug-likeness (QED) is 0.813. The van der Waals surface area contributed by atoms with E-state index in [1.807, 2.05) is 0 Å². The fraction of sp³-hybridized carbons (Fsp3) is 0.222. The fourth-order valence-electron chi connectivity index (χ4n) is 1.35. The van der Waals surface area contributed by atoms with E-state index in [2.05, 4.69) is 10.3 Å². The molecule has 0 spiro atoms. The van der Waals surface area contributed by atoms with Crippen molar-refractivity contribution in [3.8, 4) is 0 Å². The predicted octanol–water partition coefficient (Wildman–Crippen LogP) is 0.528. The van der Waals surface area contributed by atoms with Crippen molar-refractivity contribution in [1.29, 1.82) is 0 Å². The highest BCUT2D eigenvalue weighted by atomic mass is 32.2. The van der Waals surface area contributed by atoms with Gasteiger partial charge in [-0.15, -0.1) is 0 Å². The molecule has 0 atom stereocenters. The summed E-state index contributed by atoms with van der Waals surface area (Å²) in [5.74, 6) is 0.457. The van der Waals surface area contributed by atoms with Gasteiger partial charge in [0.25, 0.3) is 0 Å². The highest BCUT2D eigenvalue weighted by Gasteiger charge is 2.06. The summed E-state index contributed by atoms with van der Waals surface area (Å²) in [7, 11) is -3.45. The summed E-state index contributed by atoms with van der Waals surface area (Å²) >= 11 is 0. The number of sulfonamides is 1. The third-order valence-electron chi connectivity index (χ3n) is 2.06. The van der Waals surface area contributed by atoms with Crippen LogP contribution in [0.5, 0.6) is 0 Å². The van der Waals surface area contributed by atoms with Crippen LogP contribution >= 0.6 is 0 Å². The molecule has 3 N–H and O–H groups in total. The average molecular weight is 241 g/mol. The minimum atomic E-state index is -3.45. The maximum absolute atomic E-state index is 10.7. The topological polar surface area (TPSA) is 98.2 Å². The van der Waals surface area contributed by atoms with E-state index in [9.17, 15) is 8.42 Å². The van der Waals surface area contributed by atoms with Crippen LogP contribution in [0.1, 0.15) is 0 Å². The second-order valence-electron chi connectivity index (χ2n) is 3.29. The maximum atomic E-state index is 10.7. The minimum Gasteiger partial charge on any atom is -0.464 e. The first-order valence-corrected chi connectivity index (χ1v) is 6.34. The molecule has 16 heavy (non-hydrogen) atoms. The first kappa shape index (κ1) is 10.9. The summed E-state index contributed by atoms with van der Waals surface area (Å²) in [6.07, 6.45) is 3.14. The standard InChI is InChI=1S/C9H11N3O3S/c10-16(13,14)6-4-12-9-7-2-5-15-8(7)1-3-11-9/h1-3,5H,4,6H2,(H,11,12)(H2,10,13,14). The summed E-state index contributed by atoms with van der Waals surface area (Å²) in [4.78, 5) is 4.09. The molecule has 0 amide bonds. The van der Waals surface area contributed by atoms with Crippen LogP contribution in [0.3, 0.4) is 0 Å². The van der Waals surface area contributed by atoms with Crippen LogP contribution in [0.2, 0.25) is 0 Å². The van der Waals surface area contributed by atoms with Crippen molar-refractivity contribution in [3.63, 3.8) is 0 Å². The van der Waals surface area contributed by atoms with Gasteiger partial charge in [0.15, 0.2) is 0 Å². The van der Waals surface area contributed by atoms with Gasteiger partial charge in [0, 0.05) is 12.7 Å². The van der Waals surface area contributed by atoms with Gasteiger partial charge in [-0.3, -0.25) is 0 Å². The molecule has 0 aliphatic carbocycles. The second kappa shape index (κ2) is 4.11. The van der Waals surface area contributed by atoms with E-state index >= 15 is 0 Å². The van der Waals surface area contributed by atoms with Gasteiger partial charge in [-0.2, -0.15) is 0 Å². The van der Waals surface area contributed by atoms with Crippen molar-refractivity contribution >= 4 is 26.8 Å². The third kappa shape index (κ3) is 2.50. The molecule has 0 saturated heterocycles. The molecule has 7 heteroatoms. The maximum Gasteiger partial charge on any atom is 0.210 e. The van der Waals surface area contributed by atoms with Gasteiger partial charge in [-0.05, 0) is 12.1 Å². The number of rotatable bonds is 4. The van der Waals surface area contributed by atoms with Crippen molar-refractivity contribution in [3.05, 3.63) is 24.6 Å². The molecule has 2 rings (SSSR count). The van der Waals surface area contributed by atoms with Crippen LogP contribution in [-0.2, 0) is 10.0 Å². The Kier molecular flexibility index (Phi) is 2.80. The van der Waals surface area contributed by atoms with Gasteiger partial charge in [0.05, 0.1) is 17.4 Å². The van der Waals surface area contributed by atoms with Crippen LogP contribution in [0, 0.1) is 0 Å². The summed E-state index contributed by atoms with van der Waals surface area (Å²) < 4.78 is 26.7. The minimum absolute atomic E-state index is 0.136. The van der Waals surface area contributed by atoms with Crippen molar-refractivity contribution in [2.45, 2.75) is 0 Å². The molecule has 86 valence electrons. The van der Waals surface area contributed by atoms with Crippen molar-refractivity contribution in [1.82, 2.24) is 4.98 Å². The van der Waals surface area contributed by atoms with Crippen molar-refractivity contribution in [2.24, 2.45) is 5.14 Å². The van der Waals surface area contributed by atoms with Gasteiger partial charge >= 0.3 is 0 Å². The smallest absolute Gasteiger partial charge is 0.210 e. The number of nitrogens with one attached hydrogen (secondary N) is 1. The SMILES string of the molecule is NS(=O)(=O)CCNc1nccc2occc12. The van der Waals surface area contributed by atoms with Crippen LogP contribution in [0.15, 0.2) is 29.0 Å². The van der Waals surface area contributed by atoms with E-state index in [-0.39, 0.29) is 12.3 Å². The molecule has 0 radical (unpaired) electrons. The van der Waals surface area contributed by atoms with Crippen LogP contribution in [-0.4, -0.2) is 25.7 Å². The molecule has 0 saturated carbocycles. The van der Waals surface area contributed by atoms with E-state index in [0.717, 1.165) is 5.39 Å². The average Bonchev–Trinajstić information content (AvgIpc) is 2.64. The summed E-state index contributed by atoms with van der Waals surface area (Å²) in [5, 5.41) is 8.60. The first-order valence-electron chi connectivity index (χ1n) is 4.63. The summed E-state index contributed by atoms with van der Waals surface area (Å²) in [5.41, 5.74) is 0.702. The molecule has 0 unspecified atom stereocenters.